The zero-order valence-corrected chi connectivity index (χ0v) is 9.94. The van der Waals surface area contributed by atoms with E-state index < -0.39 is 13.0 Å². The largest absolute Gasteiger partial charge is 0.368 e. The lowest BCUT2D eigenvalue weighted by molar-refractivity contribution is 0.163. The standard InChI is InChI=1S/C10H16F2N6/c11-7(12)6-14-9-15-8(13)16-10(17-9)18-4-2-1-3-5-18/h7H,1-6H2,(H3,13,14,15,16,17). The first-order valence-corrected chi connectivity index (χ1v) is 5.93. The summed E-state index contributed by atoms with van der Waals surface area (Å²) in [6, 6.07) is 0. The zero-order chi connectivity index (χ0) is 13.0. The van der Waals surface area contributed by atoms with Gasteiger partial charge in [-0.2, -0.15) is 15.0 Å². The minimum absolute atomic E-state index is 0.0438. The summed E-state index contributed by atoms with van der Waals surface area (Å²) < 4.78 is 24.2. The summed E-state index contributed by atoms with van der Waals surface area (Å²) in [5.41, 5.74) is 5.56. The Balaban J connectivity index is 2.09. The van der Waals surface area contributed by atoms with Crippen LogP contribution in [0.15, 0.2) is 0 Å². The summed E-state index contributed by atoms with van der Waals surface area (Å²) in [6.07, 6.45) is 0.881. The number of nitrogens with one attached hydrogen (secondary N) is 1. The monoisotopic (exact) mass is 258 g/mol. The highest BCUT2D eigenvalue weighted by Gasteiger charge is 2.15. The highest BCUT2D eigenvalue weighted by atomic mass is 19.3. The molecular formula is C10H16F2N6. The average Bonchev–Trinajstić information content (AvgIpc) is 2.37. The predicted octanol–water partition coefficient (Wildman–Crippen LogP) is 1.12. The van der Waals surface area contributed by atoms with Crippen molar-refractivity contribution < 1.29 is 8.78 Å². The van der Waals surface area contributed by atoms with Crippen molar-refractivity contribution in [3.63, 3.8) is 0 Å². The van der Waals surface area contributed by atoms with E-state index in [-0.39, 0.29) is 11.9 Å². The molecule has 1 aliphatic rings. The van der Waals surface area contributed by atoms with Crippen LogP contribution < -0.4 is 16.0 Å². The van der Waals surface area contributed by atoms with Gasteiger partial charge in [0, 0.05) is 13.1 Å². The third-order valence-electron chi connectivity index (χ3n) is 2.69. The Labute approximate surface area is 104 Å². The number of rotatable bonds is 4. The van der Waals surface area contributed by atoms with Gasteiger partial charge in [0.2, 0.25) is 17.8 Å². The highest BCUT2D eigenvalue weighted by molar-refractivity contribution is 5.42. The summed E-state index contributed by atoms with van der Waals surface area (Å²) in [6.45, 7) is 1.22. The smallest absolute Gasteiger partial charge is 0.255 e. The quantitative estimate of drug-likeness (QED) is 0.842. The van der Waals surface area contributed by atoms with Gasteiger partial charge >= 0.3 is 0 Å². The average molecular weight is 258 g/mol. The lowest BCUT2D eigenvalue weighted by Gasteiger charge is -2.26. The van der Waals surface area contributed by atoms with Crippen molar-refractivity contribution in [3.05, 3.63) is 0 Å². The normalized spacial score (nSPS) is 16.1. The van der Waals surface area contributed by atoms with E-state index in [4.69, 9.17) is 5.73 Å². The fraction of sp³-hybridized carbons (Fsp3) is 0.700. The van der Waals surface area contributed by atoms with Crippen LogP contribution in [0.2, 0.25) is 0 Å². The fourth-order valence-electron chi connectivity index (χ4n) is 1.86. The van der Waals surface area contributed by atoms with Gasteiger partial charge in [0.15, 0.2) is 0 Å². The van der Waals surface area contributed by atoms with Gasteiger partial charge in [0.25, 0.3) is 6.43 Å². The van der Waals surface area contributed by atoms with Crippen LogP contribution >= 0.6 is 0 Å². The second-order valence-corrected chi connectivity index (χ2v) is 4.14. The van der Waals surface area contributed by atoms with Crippen molar-refractivity contribution >= 4 is 17.8 Å². The molecule has 0 atom stereocenters. The molecule has 100 valence electrons. The minimum atomic E-state index is -2.46. The molecule has 0 saturated carbocycles. The van der Waals surface area contributed by atoms with Gasteiger partial charge < -0.3 is 16.0 Å². The maximum atomic E-state index is 12.1. The SMILES string of the molecule is Nc1nc(NCC(F)F)nc(N2CCCCC2)n1. The molecule has 0 bridgehead atoms. The number of halogens is 2. The number of piperidine rings is 1. The van der Waals surface area contributed by atoms with Gasteiger partial charge in [-0.3, -0.25) is 0 Å². The molecule has 8 heteroatoms. The number of hydrogen-bond acceptors (Lipinski definition) is 6. The van der Waals surface area contributed by atoms with Crippen LogP contribution in [0.1, 0.15) is 19.3 Å². The van der Waals surface area contributed by atoms with Crippen molar-refractivity contribution in [2.24, 2.45) is 0 Å². The molecule has 18 heavy (non-hydrogen) atoms. The molecule has 1 saturated heterocycles. The Kier molecular flexibility index (Phi) is 4.06. The van der Waals surface area contributed by atoms with Crippen molar-refractivity contribution in [3.8, 4) is 0 Å². The second-order valence-electron chi connectivity index (χ2n) is 4.14. The molecule has 1 aromatic rings. The Hall–Kier alpha value is -1.73. The number of aromatic nitrogens is 3. The minimum Gasteiger partial charge on any atom is -0.368 e. The van der Waals surface area contributed by atoms with Gasteiger partial charge in [-0.1, -0.05) is 0 Å². The van der Waals surface area contributed by atoms with Gasteiger partial charge in [0.05, 0.1) is 6.54 Å². The lowest BCUT2D eigenvalue weighted by Crippen LogP contribution is -2.31. The molecule has 0 aromatic carbocycles. The second kappa shape index (κ2) is 5.74. The van der Waals surface area contributed by atoms with E-state index in [0.29, 0.717) is 5.95 Å². The summed E-state index contributed by atoms with van der Waals surface area (Å²) in [5.74, 6) is 0.602. The van der Waals surface area contributed by atoms with Crippen molar-refractivity contribution in [2.45, 2.75) is 25.7 Å². The predicted molar refractivity (Wildman–Crippen MR) is 64.8 cm³/mol. The first kappa shape index (κ1) is 12.7. The third kappa shape index (κ3) is 3.38. The Bertz CT molecular complexity index is 394. The van der Waals surface area contributed by atoms with E-state index in [2.05, 4.69) is 20.3 Å². The Morgan fingerprint density at radius 2 is 1.89 bits per heavy atom. The lowest BCUT2D eigenvalue weighted by atomic mass is 10.1. The number of alkyl halides is 2. The van der Waals surface area contributed by atoms with Crippen LogP contribution in [0.3, 0.4) is 0 Å². The molecule has 1 fully saturated rings. The van der Waals surface area contributed by atoms with E-state index in [0.717, 1.165) is 25.9 Å². The molecule has 0 spiro atoms. The summed E-state index contributed by atoms with van der Waals surface area (Å²) in [5, 5.41) is 2.45. The van der Waals surface area contributed by atoms with E-state index in [1.54, 1.807) is 0 Å². The van der Waals surface area contributed by atoms with Crippen LogP contribution in [-0.4, -0.2) is 41.0 Å². The Morgan fingerprint density at radius 1 is 1.17 bits per heavy atom. The van der Waals surface area contributed by atoms with Crippen molar-refractivity contribution in [1.82, 2.24) is 15.0 Å². The topological polar surface area (TPSA) is 80.0 Å². The van der Waals surface area contributed by atoms with E-state index in [9.17, 15) is 8.78 Å². The summed E-state index contributed by atoms with van der Waals surface area (Å²) in [4.78, 5) is 13.9. The first-order chi connectivity index (χ1) is 8.65. The maximum absolute atomic E-state index is 12.1. The van der Waals surface area contributed by atoms with Crippen molar-refractivity contribution in [2.75, 3.05) is 35.6 Å². The van der Waals surface area contributed by atoms with E-state index >= 15 is 0 Å². The molecule has 0 unspecified atom stereocenters. The molecule has 6 nitrogen and oxygen atoms in total. The van der Waals surface area contributed by atoms with E-state index in [1.807, 2.05) is 4.90 Å². The van der Waals surface area contributed by atoms with Gasteiger partial charge in [-0.15, -0.1) is 0 Å². The van der Waals surface area contributed by atoms with Crippen LogP contribution in [0.25, 0.3) is 0 Å². The first-order valence-electron chi connectivity index (χ1n) is 5.93. The van der Waals surface area contributed by atoms with E-state index in [1.165, 1.54) is 6.42 Å². The molecule has 0 amide bonds. The van der Waals surface area contributed by atoms with Gasteiger partial charge in [-0.25, -0.2) is 8.78 Å². The number of nitrogens with two attached hydrogens (primary N) is 1. The van der Waals surface area contributed by atoms with Gasteiger partial charge in [0.1, 0.15) is 0 Å². The molecule has 0 aliphatic carbocycles. The van der Waals surface area contributed by atoms with Crippen LogP contribution in [-0.2, 0) is 0 Å². The third-order valence-corrected chi connectivity index (χ3v) is 2.69. The molecule has 2 rings (SSSR count). The van der Waals surface area contributed by atoms with Gasteiger partial charge in [-0.05, 0) is 19.3 Å². The highest BCUT2D eigenvalue weighted by Crippen LogP contribution is 2.17. The molecule has 3 N–H and O–H groups in total. The number of anilines is 3. The summed E-state index contributed by atoms with van der Waals surface area (Å²) >= 11 is 0. The Morgan fingerprint density at radius 3 is 2.56 bits per heavy atom. The zero-order valence-electron chi connectivity index (χ0n) is 9.94. The number of hydrogen-bond donors (Lipinski definition) is 2. The molecule has 1 aromatic heterocycles. The van der Waals surface area contributed by atoms with Crippen LogP contribution in [0.5, 0.6) is 0 Å². The maximum Gasteiger partial charge on any atom is 0.255 e. The molecular weight excluding hydrogens is 242 g/mol. The summed E-state index contributed by atoms with van der Waals surface area (Å²) in [7, 11) is 0. The number of nitrogens with zero attached hydrogens (tertiary/aromatic N) is 4. The van der Waals surface area contributed by atoms with Crippen molar-refractivity contribution in [1.29, 1.82) is 0 Å². The molecule has 0 radical (unpaired) electrons. The fourth-order valence-corrected chi connectivity index (χ4v) is 1.86. The number of nitrogen functional groups attached to an aromatic ring is 1. The van der Waals surface area contributed by atoms with Crippen LogP contribution in [0, 0.1) is 0 Å². The molecule has 2 heterocycles. The van der Waals surface area contributed by atoms with Crippen LogP contribution in [0.4, 0.5) is 26.6 Å². The molecule has 1 aliphatic heterocycles.